The first-order chi connectivity index (χ1) is 8.97. The van der Waals surface area contributed by atoms with E-state index in [9.17, 15) is 9.18 Å². The minimum Gasteiger partial charge on any atom is -0.461 e. The number of nitrogens with one attached hydrogen (secondary N) is 1. The molecule has 0 radical (unpaired) electrons. The maximum absolute atomic E-state index is 13.3. The Morgan fingerprint density at radius 2 is 2.21 bits per heavy atom. The van der Waals surface area contributed by atoms with Gasteiger partial charge in [-0.05, 0) is 23.6 Å². The van der Waals surface area contributed by atoms with E-state index >= 15 is 0 Å². The Morgan fingerprint density at radius 1 is 1.47 bits per heavy atom. The fourth-order valence-corrected chi connectivity index (χ4v) is 2.70. The molecule has 0 spiro atoms. The van der Waals surface area contributed by atoms with Crippen LogP contribution in [-0.2, 0) is 9.53 Å². The first-order valence-electron chi connectivity index (χ1n) is 6.66. The summed E-state index contributed by atoms with van der Waals surface area (Å²) in [6.45, 7) is 5.59. The lowest BCUT2D eigenvalue weighted by atomic mass is 9.99. The molecule has 1 aliphatic heterocycles. The van der Waals surface area contributed by atoms with Crippen molar-refractivity contribution in [1.29, 1.82) is 0 Å². The predicted octanol–water partition coefficient (Wildman–Crippen LogP) is 2.82. The van der Waals surface area contributed by atoms with Crippen LogP contribution in [0, 0.1) is 11.7 Å². The van der Waals surface area contributed by atoms with E-state index in [-0.39, 0.29) is 30.0 Å². The van der Waals surface area contributed by atoms with Crippen molar-refractivity contribution >= 4 is 5.97 Å². The third-order valence-electron chi connectivity index (χ3n) is 3.55. The van der Waals surface area contributed by atoms with Crippen molar-refractivity contribution < 1.29 is 13.9 Å². The molecule has 1 saturated heterocycles. The first-order valence-corrected chi connectivity index (χ1v) is 6.66. The van der Waals surface area contributed by atoms with Crippen LogP contribution in [0.25, 0.3) is 0 Å². The number of hydrogen-bond donors (Lipinski definition) is 1. The molecule has 1 heterocycles. The molecule has 2 rings (SSSR count). The average molecular weight is 265 g/mol. The maximum atomic E-state index is 13.3. The van der Waals surface area contributed by atoms with Crippen LogP contribution in [0.3, 0.4) is 0 Å². The van der Waals surface area contributed by atoms with Crippen molar-refractivity contribution in [3.05, 3.63) is 35.6 Å². The standard InChI is InChI=1S/C15H20FNO2/c1-9(2)15-14(19-10(3)18)8-13(17-15)11-5-4-6-12(16)7-11/h4-7,9,13-15,17H,8H2,1-3H3/t13-,14+,15?/m0/s1. The zero-order chi connectivity index (χ0) is 14.0. The molecule has 0 aliphatic carbocycles. The Balaban J connectivity index is 2.15. The number of ether oxygens (including phenoxy) is 1. The molecule has 0 bridgehead atoms. The van der Waals surface area contributed by atoms with Crippen molar-refractivity contribution in [1.82, 2.24) is 5.32 Å². The number of halogens is 1. The number of benzene rings is 1. The van der Waals surface area contributed by atoms with E-state index < -0.39 is 0 Å². The topological polar surface area (TPSA) is 38.3 Å². The van der Waals surface area contributed by atoms with E-state index in [1.165, 1.54) is 19.1 Å². The molecule has 1 unspecified atom stereocenters. The predicted molar refractivity (Wildman–Crippen MR) is 71.1 cm³/mol. The number of carbonyl (C=O) groups is 1. The van der Waals surface area contributed by atoms with Crippen LogP contribution in [0.5, 0.6) is 0 Å². The van der Waals surface area contributed by atoms with Crippen LogP contribution < -0.4 is 5.32 Å². The zero-order valence-electron chi connectivity index (χ0n) is 11.5. The highest BCUT2D eigenvalue weighted by Crippen LogP contribution is 2.32. The summed E-state index contributed by atoms with van der Waals surface area (Å²) >= 11 is 0. The third kappa shape index (κ3) is 3.32. The van der Waals surface area contributed by atoms with Crippen molar-refractivity contribution in [2.75, 3.05) is 0 Å². The van der Waals surface area contributed by atoms with Crippen LogP contribution >= 0.6 is 0 Å². The molecule has 3 atom stereocenters. The van der Waals surface area contributed by atoms with Crippen molar-refractivity contribution in [3.63, 3.8) is 0 Å². The lowest BCUT2D eigenvalue weighted by Gasteiger charge is -2.22. The fraction of sp³-hybridized carbons (Fsp3) is 0.533. The van der Waals surface area contributed by atoms with Gasteiger partial charge in [-0.1, -0.05) is 26.0 Å². The molecular formula is C15H20FNO2. The van der Waals surface area contributed by atoms with Gasteiger partial charge in [-0.2, -0.15) is 0 Å². The highest BCUT2D eigenvalue weighted by molar-refractivity contribution is 5.66. The van der Waals surface area contributed by atoms with Crippen LogP contribution in [0.1, 0.15) is 38.8 Å². The summed E-state index contributed by atoms with van der Waals surface area (Å²) in [6.07, 6.45) is 0.539. The molecule has 1 aromatic rings. The van der Waals surface area contributed by atoms with Gasteiger partial charge in [-0.15, -0.1) is 0 Å². The molecule has 4 heteroatoms. The second-order valence-electron chi connectivity index (χ2n) is 5.43. The van der Waals surface area contributed by atoms with Crippen LogP contribution in [-0.4, -0.2) is 18.1 Å². The molecule has 0 amide bonds. The normalized spacial score (nSPS) is 26.7. The molecular weight excluding hydrogens is 245 g/mol. The molecule has 104 valence electrons. The van der Waals surface area contributed by atoms with Gasteiger partial charge in [0.05, 0.1) is 0 Å². The van der Waals surface area contributed by atoms with Gasteiger partial charge in [0.2, 0.25) is 0 Å². The van der Waals surface area contributed by atoms with E-state index in [1.807, 2.05) is 6.07 Å². The molecule has 0 aromatic heterocycles. The fourth-order valence-electron chi connectivity index (χ4n) is 2.70. The Morgan fingerprint density at radius 3 is 2.79 bits per heavy atom. The smallest absolute Gasteiger partial charge is 0.302 e. The minimum atomic E-state index is -0.266. The summed E-state index contributed by atoms with van der Waals surface area (Å²) < 4.78 is 18.6. The molecule has 1 fully saturated rings. The second-order valence-corrected chi connectivity index (χ2v) is 5.43. The van der Waals surface area contributed by atoms with Crippen LogP contribution in [0.15, 0.2) is 24.3 Å². The summed E-state index contributed by atoms with van der Waals surface area (Å²) in [6, 6.07) is 6.71. The van der Waals surface area contributed by atoms with Crippen molar-refractivity contribution in [3.8, 4) is 0 Å². The van der Waals surface area contributed by atoms with Gasteiger partial charge in [-0.3, -0.25) is 4.79 Å². The average Bonchev–Trinajstić information content (AvgIpc) is 2.72. The number of esters is 1. The van der Waals surface area contributed by atoms with E-state index in [2.05, 4.69) is 19.2 Å². The van der Waals surface area contributed by atoms with Gasteiger partial charge in [0.25, 0.3) is 0 Å². The summed E-state index contributed by atoms with van der Waals surface area (Å²) in [7, 11) is 0. The minimum absolute atomic E-state index is 0.0347. The lowest BCUT2D eigenvalue weighted by Crippen LogP contribution is -2.38. The molecule has 1 N–H and O–H groups in total. The SMILES string of the molecule is CC(=O)O[C@@H]1C[C@@H](c2cccc(F)c2)NC1C(C)C. The van der Waals surface area contributed by atoms with Gasteiger partial charge in [-0.25, -0.2) is 4.39 Å². The highest BCUT2D eigenvalue weighted by atomic mass is 19.1. The summed E-state index contributed by atoms with van der Waals surface area (Å²) in [5.74, 6) is -0.156. The van der Waals surface area contributed by atoms with Gasteiger partial charge in [0, 0.05) is 25.4 Å². The maximum Gasteiger partial charge on any atom is 0.302 e. The van der Waals surface area contributed by atoms with Crippen molar-refractivity contribution in [2.24, 2.45) is 5.92 Å². The Bertz CT molecular complexity index is 461. The van der Waals surface area contributed by atoms with Crippen molar-refractivity contribution in [2.45, 2.75) is 45.4 Å². The third-order valence-corrected chi connectivity index (χ3v) is 3.55. The van der Waals surface area contributed by atoms with Gasteiger partial charge in [0.1, 0.15) is 11.9 Å². The molecule has 0 saturated carbocycles. The Labute approximate surface area is 113 Å². The van der Waals surface area contributed by atoms with E-state index in [1.54, 1.807) is 6.07 Å². The Kier molecular flexibility index (Phi) is 4.20. The molecule has 1 aliphatic rings. The Hall–Kier alpha value is -1.42. The largest absolute Gasteiger partial charge is 0.461 e. The molecule has 1 aromatic carbocycles. The van der Waals surface area contributed by atoms with E-state index in [0.717, 1.165) is 5.56 Å². The summed E-state index contributed by atoms with van der Waals surface area (Å²) in [5, 5.41) is 3.45. The van der Waals surface area contributed by atoms with Gasteiger partial charge in [0.15, 0.2) is 0 Å². The van der Waals surface area contributed by atoms with E-state index in [4.69, 9.17) is 4.74 Å². The van der Waals surface area contributed by atoms with Gasteiger partial charge < -0.3 is 10.1 Å². The highest BCUT2D eigenvalue weighted by Gasteiger charge is 2.38. The molecule has 19 heavy (non-hydrogen) atoms. The molecule has 3 nitrogen and oxygen atoms in total. The number of rotatable bonds is 3. The summed E-state index contributed by atoms with van der Waals surface area (Å²) in [4.78, 5) is 11.2. The van der Waals surface area contributed by atoms with Crippen LogP contribution in [0.4, 0.5) is 4.39 Å². The number of hydrogen-bond acceptors (Lipinski definition) is 3. The van der Waals surface area contributed by atoms with E-state index in [0.29, 0.717) is 12.3 Å². The second kappa shape index (κ2) is 5.70. The monoisotopic (exact) mass is 265 g/mol. The van der Waals surface area contributed by atoms with Gasteiger partial charge >= 0.3 is 5.97 Å². The van der Waals surface area contributed by atoms with Crippen LogP contribution in [0.2, 0.25) is 0 Å². The summed E-state index contributed by atoms with van der Waals surface area (Å²) in [5.41, 5.74) is 0.903. The lowest BCUT2D eigenvalue weighted by molar-refractivity contribution is -0.147. The number of carbonyl (C=O) groups excluding carboxylic acids is 1. The quantitative estimate of drug-likeness (QED) is 0.854. The first kappa shape index (κ1) is 14.0. The zero-order valence-corrected chi connectivity index (χ0v) is 11.5.